The van der Waals surface area contributed by atoms with Crippen molar-refractivity contribution >= 4 is 11.6 Å². The van der Waals surface area contributed by atoms with Gasteiger partial charge in [-0.1, -0.05) is 0 Å². The summed E-state index contributed by atoms with van der Waals surface area (Å²) in [5.74, 6) is 0.541. The SMILES string of the molecule is CCn1cnnc1CNC(=O)c1cnc(C)cc1NC. The Balaban J connectivity index is 2.09. The van der Waals surface area contributed by atoms with Crippen LogP contribution in [0.3, 0.4) is 0 Å². The molecule has 0 saturated heterocycles. The molecule has 2 heterocycles. The number of amides is 1. The van der Waals surface area contributed by atoms with Crippen molar-refractivity contribution in [3.63, 3.8) is 0 Å². The summed E-state index contributed by atoms with van der Waals surface area (Å²) in [7, 11) is 1.78. The Labute approximate surface area is 117 Å². The fraction of sp³-hybridized carbons (Fsp3) is 0.385. The van der Waals surface area contributed by atoms with E-state index >= 15 is 0 Å². The molecule has 1 amide bonds. The van der Waals surface area contributed by atoms with E-state index in [0.717, 1.165) is 23.8 Å². The summed E-state index contributed by atoms with van der Waals surface area (Å²) >= 11 is 0. The molecule has 2 aromatic rings. The van der Waals surface area contributed by atoms with Gasteiger partial charge in [0.1, 0.15) is 6.33 Å². The van der Waals surface area contributed by atoms with Crippen molar-refractivity contribution < 1.29 is 4.79 Å². The molecular formula is C13H18N6O. The Morgan fingerprint density at radius 3 is 2.95 bits per heavy atom. The quantitative estimate of drug-likeness (QED) is 0.848. The number of hydrogen-bond acceptors (Lipinski definition) is 5. The average molecular weight is 274 g/mol. The molecule has 2 N–H and O–H groups in total. The molecule has 0 radical (unpaired) electrons. The van der Waals surface area contributed by atoms with Gasteiger partial charge in [0.15, 0.2) is 5.82 Å². The number of aryl methyl sites for hydroxylation is 2. The number of nitrogens with one attached hydrogen (secondary N) is 2. The minimum absolute atomic E-state index is 0.187. The van der Waals surface area contributed by atoms with Crippen LogP contribution in [-0.4, -0.2) is 32.7 Å². The maximum absolute atomic E-state index is 12.2. The summed E-state index contributed by atoms with van der Waals surface area (Å²) < 4.78 is 1.88. The van der Waals surface area contributed by atoms with Crippen molar-refractivity contribution in [1.29, 1.82) is 0 Å². The number of anilines is 1. The van der Waals surface area contributed by atoms with Crippen LogP contribution in [-0.2, 0) is 13.1 Å². The third-order valence-electron chi connectivity index (χ3n) is 3.00. The first-order valence-corrected chi connectivity index (χ1v) is 6.45. The van der Waals surface area contributed by atoms with Gasteiger partial charge >= 0.3 is 0 Å². The zero-order valence-corrected chi connectivity index (χ0v) is 11.8. The number of pyridine rings is 1. The van der Waals surface area contributed by atoms with Gasteiger partial charge in [-0.3, -0.25) is 9.78 Å². The highest BCUT2D eigenvalue weighted by atomic mass is 16.1. The van der Waals surface area contributed by atoms with E-state index in [2.05, 4.69) is 25.8 Å². The van der Waals surface area contributed by atoms with E-state index in [4.69, 9.17) is 0 Å². The van der Waals surface area contributed by atoms with Gasteiger partial charge in [-0.05, 0) is 19.9 Å². The molecule has 0 fully saturated rings. The van der Waals surface area contributed by atoms with Crippen molar-refractivity contribution in [1.82, 2.24) is 25.1 Å². The lowest BCUT2D eigenvalue weighted by atomic mass is 10.2. The largest absolute Gasteiger partial charge is 0.387 e. The fourth-order valence-corrected chi connectivity index (χ4v) is 1.88. The van der Waals surface area contributed by atoms with Gasteiger partial charge in [-0.25, -0.2) is 0 Å². The van der Waals surface area contributed by atoms with Crippen LogP contribution in [0.1, 0.15) is 28.8 Å². The Morgan fingerprint density at radius 2 is 2.25 bits per heavy atom. The zero-order valence-electron chi connectivity index (χ0n) is 11.8. The summed E-state index contributed by atoms with van der Waals surface area (Å²) in [6.07, 6.45) is 3.22. The van der Waals surface area contributed by atoms with Crippen LogP contribution in [0.5, 0.6) is 0 Å². The van der Waals surface area contributed by atoms with Crippen molar-refractivity contribution in [3.8, 4) is 0 Å². The number of rotatable bonds is 5. The van der Waals surface area contributed by atoms with Crippen LogP contribution < -0.4 is 10.6 Å². The van der Waals surface area contributed by atoms with E-state index in [9.17, 15) is 4.79 Å². The number of aromatic nitrogens is 4. The molecule has 0 unspecified atom stereocenters. The molecule has 20 heavy (non-hydrogen) atoms. The molecule has 7 heteroatoms. The Bertz CT molecular complexity index is 607. The molecule has 0 aliphatic carbocycles. The first-order chi connectivity index (χ1) is 9.65. The van der Waals surface area contributed by atoms with E-state index < -0.39 is 0 Å². The fourth-order valence-electron chi connectivity index (χ4n) is 1.88. The van der Waals surface area contributed by atoms with Gasteiger partial charge in [0.05, 0.1) is 17.8 Å². The summed E-state index contributed by atoms with van der Waals surface area (Å²) in [6, 6.07) is 1.84. The molecule has 0 atom stereocenters. The normalized spacial score (nSPS) is 10.3. The lowest BCUT2D eigenvalue weighted by molar-refractivity contribution is 0.0950. The molecule has 0 saturated carbocycles. The predicted octanol–water partition coefficient (Wildman–Crippen LogP) is 0.973. The van der Waals surface area contributed by atoms with Gasteiger partial charge in [0.25, 0.3) is 5.91 Å². The molecule has 0 bridgehead atoms. The molecule has 0 aliphatic heterocycles. The maximum atomic E-state index is 12.2. The third-order valence-corrected chi connectivity index (χ3v) is 3.00. The smallest absolute Gasteiger partial charge is 0.255 e. The van der Waals surface area contributed by atoms with Crippen LogP contribution >= 0.6 is 0 Å². The predicted molar refractivity (Wildman–Crippen MR) is 75.4 cm³/mol. The second kappa shape index (κ2) is 6.14. The number of carbonyl (C=O) groups is 1. The molecular weight excluding hydrogens is 256 g/mol. The Morgan fingerprint density at radius 1 is 1.45 bits per heavy atom. The minimum Gasteiger partial charge on any atom is -0.387 e. The van der Waals surface area contributed by atoms with E-state index in [1.165, 1.54) is 0 Å². The van der Waals surface area contributed by atoms with E-state index in [-0.39, 0.29) is 5.91 Å². The van der Waals surface area contributed by atoms with Gasteiger partial charge in [0.2, 0.25) is 0 Å². The number of carbonyl (C=O) groups excluding carboxylic acids is 1. The minimum atomic E-state index is -0.187. The first kappa shape index (κ1) is 14.0. The molecule has 0 spiro atoms. The van der Waals surface area contributed by atoms with Crippen LogP contribution in [0.4, 0.5) is 5.69 Å². The van der Waals surface area contributed by atoms with Crippen molar-refractivity contribution in [2.24, 2.45) is 0 Å². The summed E-state index contributed by atoms with van der Waals surface area (Å²) in [5, 5.41) is 13.6. The van der Waals surface area contributed by atoms with Crippen LogP contribution in [0, 0.1) is 6.92 Å². The maximum Gasteiger partial charge on any atom is 0.255 e. The highest BCUT2D eigenvalue weighted by molar-refractivity contribution is 5.99. The van der Waals surface area contributed by atoms with E-state index in [1.807, 2.05) is 24.5 Å². The molecule has 0 aliphatic rings. The van der Waals surface area contributed by atoms with Crippen LogP contribution in [0.2, 0.25) is 0 Å². The van der Waals surface area contributed by atoms with Crippen LogP contribution in [0.15, 0.2) is 18.6 Å². The first-order valence-electron chi connectivity index (χ1n) is 6.45. The van der Waals surface area contributed by atoms with E-state index in [0.29, 0.717) is 12.1 Å². The van der Waals surface area contributed by atoms with Gasteiger partial charge in [0, 0.05) is 25.5 Å². The standard InChI is InChI=1S/C13H18N6O/c1-4-19-8-17-18-12(19)7-16-13(20)10-6-15-9(2)5-11(10)14-3/h5-6,8H,4,7H2,1-3H3,(H,14,15)(H,16,20). The van der Waals surface area contributed by atoms with E-state index in [1.54, 1.807) is 19.6 Å². The highest BCUT2D eigenvalue weighted by Gasteiger charge is 2.12. The monoisotopic (exact) mass is 274 g/mol. The van der Waals surface area contributed by atoms with Crippen molar-refractivity contribution in [3.05, 3.63) is 35.7 Å². The lowest BCUT2D eigenvalue weighted by Crippen LogP contribution is -2.25. The summed E-state index contributed by atoms with van der Waals surface area (Å²) in [6.45, 7) is 4.99. The Kier molecular flexibility index (Phi) is 4.29. The number of hydrogen-bond donors (Lipinski definition) is 2. The van der Waals surface area contributed by atoms with Gasteiger partial charge in [-0.15, -0.1) is 10.2 Å². The molecule has 2 aromatic heterocycles. The second-order valence-corrected chi connectivity index (χ2v) is 4.34. The Hall–Kier alpha value is -2.44. The van der Waals surface area contributed by atoms with Crippen LogP contribution in [0.25, 0.3) is 0 Å². The number of nitrogens with zero attached hydrogens (tertiary/aromatic N) is 4. The molecule has 106 valence electrons. The topological polar surface area (TPSA) is 84.7 Å². The lowest BCUT2D eigenvalue weighted by Gasteiger charge is -2.10. The molecule has 7 nitrogen and oxygen atoms in total. The highest BCUT2D eigenvalue weighted by Crippen LogP contribution is 2.14. The van der Waals surface area contributed by atoms with Gasteiger partial charge in [-0.2, -0.15) is 0 Å². The summed E-state index contributed by atoms with van der Waals surface area (Å²) in [5.41, 5.74) is 2.13. The average Bonchev–Trinajstić information content (AvgIpc) is 2.92. The van der Waals surface area contributed by atoms with Crippen molar-refractivity contribution in [2.45, 2.75) is 26.9 Å². The molecule has 0 aromatic carbocycles. The third kappa shape index (κ3) is 2.93. The molecule has 2 rings (SSSR count). The van der Waals surface area contributed by atoms with Crippen molar-refractivity contribution in [2.75, 3.05) is 12.4 Å². The zero-order chi connectivity index (χ0) is 14.5. The second-order valence-electron chi connectivity index (χ2n) is 4.34. The van der Waals surface area contributed by atoms with Gasteiger partial charge < -0.3 is 15.2 Å². The summed E-state index contributed by atoms with van der Waals surface area (Å²) in [4.78, 5) is 16.3.